The smallest absolute Gasteiger partial charge is 0.0628 e. The highest BCUT2D eigenvalue weighted by molar-refractivity contribution is 7.99. The zero-order valence-electron chi connectivity index (χ0n) is 5.30. The van der Waals surface area contributed by atoms with Crippen molar-refractivity contribution in [1.82, 2.24) is 5.32 Å². The molecular formula is C6H11NOS. The quantitative estimate of drug-likeness (QED) is 0.522. The van der Waals surface area contributed by atoms with E-state index in [0.29, 0.717) is 12.1 Å². The molecule has 2 rings (SSSR count). The summed E-state index contributed by atoms with van der Waals surface area (Å²) in [5, 5.41) is 3.51. The van der Waals surface area contributed by atoms with Crippen molar-refractivity contribution in [1.29, 1.82) is 0 Å². The lowest BCUT2D eigenvalue weighted by Gasteiger charge is -2.35. The van der Waals surface area contributed by atoms with Crippen LogP contribution in [0.3, 0.4) is 0 Å². The Morgan fingerprint density at radius 2 is 1.89 bits per heavy atom. The van der Waals surface area contributed by atoms with Gasteiger partial charge in [0.15, 0.2) is 0 Å². The lowest BCUT2D eigenvalue weighted by Crippen LogP contribution is -2.54. The predicted octanol–water partition coefficient (Wildman–Crippen LogP) is 0.0902. The van der Waals surface area contributed by atoms with Crippen molar-refractivity contribution in [3.63, 3.8) is 0 Å². The third-order valence-electron chi connectivity index (χ3n) is 1.75. The summed E-state index contributed by atoms with van der Waals surface area (Å²) in [5.74, 6) is 2.47. The molecule has 2 nitrogen and oxygen atoms in total. The average molecular weight is 145 g/mol. The van der Waals surface area contributed by atoms with E-state index < -0.39 is 0 Å². The van der Waals surface area contributed by atoms with Gasteiger partial charge in [-0.3, -0.25) is 0 Å². The molecule has 0 amide bonds. The molecule has 0 radical (unpaired) electrons. The summed E-state index contributed by atoms with van der Waals surface area (Å²) in [6, 6.07) is 1.28. The molecule has 0 aromatic rings. The van der Waals surface area contributed by atoms with Crippen LogP contribution in [0.1, 0.15) is 0 Å². The van der Waals surface area contributed by atoms with Crippen LogP contribution in [0.2, 0.25) is 0 Å². The molecule has 2 aliphatic heterocycles. The Morgan fingerprint density at radius 3 is 2.44 bits per heavy atom. The fraction of sp³-hybridized carbons (Fsp3) is 1.00. The van der Waals surface area contributed by atoms with Crippen LogP contribution in [0.5, 0.6) is 0 Å². The van der Waals surface area contributed by atoms with Crippen LogP contribution in [0.25, 0.3) is 0 Å². The second-order valence-corrected chi connectivity index (χ2v) is 3.71. The molecule has 2 atom stereocenters. The van der Waals surface area contributed by atoms with Gasteiger partial charge in [-0.05, 0) is 0 Å². The van der Waals surface area contributed by atoms with Crippen molar-refractivity contribution in [2.45, 2.75) is 12.1 Å². The Bertz CT molecular complexity index is 89.2. The third kappa shape index (κ3) is 1.23. The monoisotopic (exact) mass is 145 g/mol. The van der Waals surface area contributed by atoms with E-state index in [9.17, 15) is 0 Å². The molecule has 2 heterocycles. The van der Waals surface area contributed by atoms with E-state index in [4.69, 9.17) is 4.74 Å². The molecule has 0 aromatic carbocycles. The molecule has 1 N–H and O–H groups in total. The lowest BCUT2D eigenvalue weighted by molar-refractivity contribution is 0.0556. The molecule has 0 aromatic heterocycles. The fourth-order valence-corrected chi connectivity index (χ4v) is 2.42. The Morgan fingerprint density at radius 1 is 1.22 bits per heavy atom. The highest BCUT2D eigenvalue weighted by Crippen LogP contribution is 2.16. The van der Waals surface area contributed by atoms with Gasteiger partial charge in [0.25, 0.3) is 0 Å². The summed E-state index contributed by atoms with van der Waals surface area (Å²) in [7, 11) is 0. The molecule has 2 fully saturated rings. The molecule has 0 aliphatic carbocycles. The first kappa shape index (κ1) is 6.01. The van der Waals surface area contributed by atoms with Crippen molar-refractivity contribution in [2.75, 3.05) is 24.7 Å². The molecule has 52 valence electrons. The van der Waals surface area contributed by atoms with Gasteiger partial charge < -0.3 is 10.1 Å². The largest absolute Gasteiger partial charge is 0.378 e. The topological polar surface area (TPSA) is 21.3 Å². The molecule has 0 spiro atoms. The Labute approximate surface area is 59.3 Å². The van der Waals surface area contributed by atoms with Gasteiger partial charge in [0, 0.05) is 23.6 Å². The maximum atomic E-state index is 5.36. The van der Waals surface area contributed by atoms with Crippen molar-refractivity contribution in [3.05, 3.63) is 0 Å². The molecule has 3 heteroatoms. The number of fused-ring (bicyclic) bond motifs is 2. The van der Waals surface area contributed by atoms with Crippen LogP contribution in [0.4, 0.5) is 0 Å². The van der Waals surface area contributed by atoms with E-state index in [1.54, 1.807) is 0 Å². The normalized spacial score (nSPS) is 42.7. The first-order valence-electron chi connectivity index (χ1n) is 3.37. The van der Waals surface area contributed by atoms with E-state index in [-0.39, 0.29) is 0 Å². The second kappa shape index (κ2) is 2.48. The number of morpholine rings is 1. The molecule has 2 unspecified atom stereocenters. The van der Waals surface area contributed by atoms with Crippen molar-refractivity contribution in [2.24, 2.45) is 0 Å². The van der Waals surface area contributed by atoms with Gasteiger partial charge in [0.1, 0.15) is 0 Å². The van der Waals surface area contributed by atoms with E-state index in [1.165, 1.54) is 11.5 Å². The van der Waals surface area contributed by atoms with E-state index in [2.05, 4.69) is 5.32 Å². The maximum absolute atomic E-state index is 5.36. The SMILES string of the molecule is C1OCC2CSCC1N2. The number of rotatable bonds is 0. The minimum atomic E-state index is 0.641. The highest BCUT2D eigenvalue weighted by atomic mass is 32.2. The molecule has 0 saturated carbocycles. The van der Waals surface area contributed by atoms with Crippen molar-refractivity contribution < 1.29 is 4.74 Å². The van der Waals surface area contributed by atoms with Crippen LogP contribution in [-0.2, 0) is 4.74 Å². The van der Waals surface area contributed by atoms with Gasteiger partial charge in [-0.1, -0.05) is 0 Å². The summed E-state index contributed by atoms with van der Waals surface area (Å²) < 4.78 is 5.36. The number of thioether (sulfide) groups is 1. The lowest BCUT2D eigenvalue weighted by atomic mass is 10.2. The van der Waals surface area contributed by atoms with Gasteiger partial charge in [-0.2, -0.15) is 11.8 Å². The average Bonchev–Trinajstić information content (AvgIpc) is 1.88. The number of hydrogen-bond donors (Lipinski definition) is 1. The van der Waals surface area contributed by atoms with Crippen LogP contribution in [0, 0.1) is 0 Å². The number of nitrogens with one attached hydrogen (secondary N) is 1. The Hall–Kier alpha value is 0.270. The minimum Gasteiger partial charge on any atom is -0.378 e. The summed E-state index contributed by atoms with van der Waals surface area (Å²) in [6.07, 6.45) is 0. The Kier molecular flexibility index (Phi) is 1.66. The van der Waals surface area contributed by atoms with Crippen LogP contribution in [-0.4, -0.2) is 36.8 Å². The maximum Gasteiger partial charge on any atom is 0.0628 e. The van der Waals surface area contributed by atoms with Crippen LogP contribution >= 0.6 is 11.8 Å². The van der Waals surface area contributed by atoms with Gasteiger partial charge >= 0.3 is 0 Å². The van der Waals surface area contributed by atoms with Crippen molar-refractivity contribution >= 4 is 11.8 Å². The predicted molar refractivity (Wildman–Crippen MR) is 38.9 cm³/mol. The standard InChI is InChI=1S/C6H11NOS/c1-5-3-9-4-6(7-5)2-8-1/h5-7H,1-4H2. The highest BCUT2D eigenvalue weighted by Gasteiger charge is 2.25. The zero-order chi connectivity index (χ0) is 6.10. The Balaban J connectivity index is 1.96. The molecule has 2 saturated heterocycles. The van der Waals surface area contributed by atoms with Crippen LogP contribution < -0.4 is 5.32 Å². The van der Waals surface area contributed by atoms with E-state index in [0.717, 1.165) is 13.2 Å². The van der Waals surface area contributed by atoms with E-state index in [1.807, 2.05) is 11.8 Å². The zero-order valence-corrected chi connectivity index (χ0v) is 6.12. The first-order valence-corrected chi connectivity index (χ1v) is 4.52. The summed E-state index contributed by atoms with van der Waals surface area (Å²) in [4.78, 5) is 0. The molecular weight excluding hydrogens is 134 g/mol. The summed E-state index contributed by atoms with van der Waals surface area (Å²) >= 11 is 2.04. The molecule has 2 aliphatic rings. The van der Waals surface area contributed by atoms with Gasteiger partial charge in [-0.25, -0.2) is 0 Å². The van der Waals surface area contributed by atoms with E-state index >= 15 is 0 Å². The summed E-state index contributed by atoms with van der Waals surface area (Å²) in [5.41, 5.74) is 0. The molecule has 2 bridgehead atoms. The number of ether oxygens (including phenoxy) is 1. The van der Waals surface area contributed by atoms with Gasteiger partial charge in [0.2, 0.25) is 0 Å². The van der Waals surface area contributed by atoms with Crippen molar-refractivity contribution in [3.8, 4) is 0 Å². The number of hydrogen-bond acceptors (Lipinski definition) is 3. The fourth-order valence-electron chi connectivity index (χ4n) is 1.33. The van der Waals surface area contributed by atoms with Gasteiger partial charge in [-0.15, -0.1) is 0 Å². The van der Waals surface area contributed by atoms with Crippen LogP contribution in [0.15, 0.2) is 0 Å². The second-order valence-electron chi connectivity index (χ2n) is 2.64. The summed E-state index contributed by atoms with van der Waals surface area (Å²) in [6.45, 7) is 1.84. The van der Waals surface area contributed by atoms with Gasteiger partial charge in [0.05, 0.1) is 13.2 Å². The first-order chi connectivity index (χ1) is 4.45. The minimum absolute atomic E-state index is 0.641. The third-order valence-corrected chi connectivity index (χ3v) is 3.02. The molecule has 9 heavy (non-hydrogen) atoms.